The number of halogens is 1. The Morgan fingerprint density at radius 2 is 1.57 bits per heavy atom. The summed E-state index contributed by atoms with van der Waals surface area (Å²) in [5, 5.41) is 4.44. The first-order valence-corrected chi connectivity index (χ1v) is 7.99. The summed E-state index contributed by atoms with van der Waals surface area (Å²) in [5.74, 6) is 1.12. The minimum Gasteiger partial charge on any atom is -0.310 e. The Balaban J connectivity index is 2.02. The molecule has 1 nitrogen and oxygen atoms in total. The Morgan fingerprint density at radius 3 is 2.19 bits per heavy atom. The Labute approximate surface area is 133 Å². The molecule has 0 saturated heterocycles. The molecule has 2 rings (SSSR count). The van der Waals surface area contributed by atoms with E-state index < -0.39 is 0 Å². The van der Waals surface area contributed by atoms with Gasteiger partial charge in [0.25, 0.3) is 0 Å². The van der Waals surface area contributed by atoms with Crippen molar-refractivity contribution >= 4 is 11.6 Å². The summed E-state index contributed by atoms with van der Waals surface area (Å²) >= 11 is 6.07. The fraction of sp³-hybridized carbons (Fsp3) is 0.368. The lowest BCUT2D eigenvalue weighted by atomic mass is 9.88. The molecule has 2 heteroatoms. The average molecular weight is 302 g/mol. The quantitative estimate of drug-likeness (QED) is 0.750. The zero-order chi connectivity index (χ0) is 15.2. The SMILES string of the molecule is CC(NCC(c1ccccc1)C(C)C)c1cccc(Cl)c1. The van der Waals surface area contributed by atoms with Crippen LogP contribution in [0.5, 0.6) is 0 Å². The predicted octanol–water partition coefficient (Wildman–Crippen LogP) is 5.43. The molecule has 0 spiro atoms. The van der Waals surface area contributed by atoms with Crippen molar-refractivity contribution in [3.8, 4) is 0 Å². The van der Waals surface area contributed by atoms with E-state index in [1.165, 1.54) is 11.1 Å². The summed E-state index contributed by atoms with van der Waals surface area (Å²) in [7, 11) is 0. The van der Waals surface area contributed by atoms with Crippen molar-refractivity contribution in [3.05, 3.63) is 70.7 Å². The number of hydrogen-bond acceptors (Lipinski definition) is 1. The van der Waals surface area contributed by atoms with E-state index >= 15 is 0 Å². The van der Waals surface area contributed by atoms with Crippen LogP contribution >= 0.6 is 11.6 Å². The first-order valence-electron chi connectivity index (χ1n) is 7.61. The largest absolute Gasteiger partial charge is 0.310 e. The van der Waals surface area contributed by atoms with Crippen molar-refractivity contribution in [2.24, 2.45) is 5.92 Å². The van der Waals surface area contributed by atoms with Gasteiger partial charge in [0.05, 0.1) is 0 Å². The van der Waals surface area contributed by atoms with Gasteiger partial charge in [-0.2, -0.15) is 0 Å². The fourth-order valence-electron chi connectivity index (χ4n) is 2.64. The minimum absolute atomic E-state index is 0.300. The molecule has 2 unspecified atom stereocenters. The number of benzene rings is 2. The third kappa shape index (κ3) is 4.59. The third-order valence-corrected chi connectivity index (χ3v) is 4.26. The Hall–Kier alpha value is -1.31. The number of nitrogens with one attached hydrogen (secondary N) is 1. The van der Waals surface area contributed by atoms with Gasteiger partial charge in [-0.25, -0.2) is 0 Å². The van der Waals surface area contributed by atoms with Crippen LogP contribution in [0.4, 0.5) is 0 Å². The van der Waals surface area contributed by atoms with E-state index in [4.69, 9.17) is 11.6 Å². The normalized spacial score (nSPS) is 14.1. The Kier molecular flexibility index (Phi) is 5.84. The second kappa shape index (κ2) is 7.63. The molecule has 0 aliphatic carbocycles. The molecule has 2 aromatic carbocycles. The van der Waals surface area contributed by atoms with Crippen LogP contribution in [0.3, 0.4) is 0 Å². The maximum absolute atomic E-state index is 6.07. The van der Waals surface area contributed by atoms with Crippen molar-refractivity contribution in [1.82, 2.24) is 5.32 Å². The van der Waals surface area contributed by atoms with Crippen molar-refractivity contribution in [2.75, 3.05) is 6.54 Å². The van der Waals surface area contributed by atoms with Gasteiger partial charge in [-0.1, -0.05) is 67.9 Å². The van der Waals surface area contributed by atoms with E-state index in [0.29, 0.717) is 17.9 Å². The molecule has 0 aliphatic heterocycles. The van der Waals surface area contributed by atoms with Gasteiger partial charge >= 0.3 is 0 Å². The van der Waals surface area contributed by atoms with Gasteiger partial charge in [0, 0.05) is 17.6 Å². The van der Waals surface area contributed by atoms with Gasteiger partial charge in [-0.05, 0) is 42.0 Å². The highest BCUT2D eigenvalue weighted by atomic mass is 35.5. The van der Waals surface area contributed by atoms with Gasteiger partial charge in [0.1, 0.15) is 0 Å². The summed E-state index contributed by atoms with van der Waals surface area (Å²) < 4.78 is 0. The summed E-state index contributed by atoms with van der Waals surface area (Å²) in [6.45, 7) is 7.72. The van der Waals surface area contributed by atoms with Crippen LogP contribution < -0.4 is 5.32 Å². The van der Waals surface area contributed by atoms with Gasteiger partial charge in [0.15, 0.2) is 0 Å². The monoisotopic (exact) mass is 301 g/mol. The van der Waals surface area contributed by atoms with Gasteiger partial charge in [-0.3, -0.25) is 0 Å². The van der Waals surface area contributed by atoms with Crippen LogP contribution in [0, 0.1) is 5.92 Å². The highest BCUT2D eigenvalue weighted by molar-refractivity contribution is 6.30. The summed E-state index contributed by atoms with van der Waals surface area (Å²) in [5.41, 5.74) is 2.64. The number of rotatable bonds is 6. The predicted molar refractivity (Wildman–Crippen MR) is 91.9 cm³/mol. The molecule has 21 heavy (non-hydrogen) atoms. The van der Waals surface area contributed by atoms with E-state index in [2.05, 4.69) is 62.5 Å². The molecule has 0 amide bonds. The summed E-state index contributed by atoms with van der Waals surface area (Å²) in [6, 6.07) is 19.1. The van der Waals surface area contributed by atoms with Crippen molar-refractivity contribution in [2.45, 2.75) is 32.7 Å². The second-order valence-electron chi connectivity index (χ2n) is 5.95. The molecule has 2 aromatic rings. The molecule has 0 fully saturated rings. The Morgan fingerprint density at radius 1 is 0.905 bits per heavy atom. The van der Waals surface area contributed by atoms with E-state index in [1.807, 2.05) is 18.2 Å². The maximum Gasteiger partial charge on any atom is 0.0409 e. The summed E-state index contributed by atoms with van der Waals surface area (Å²) in [4.78, 5) is 0. The maximum atomic E-state index is 6.07. The first kappa shape index (κ1) is 16.1. The van der Waals surface area contributed by atoms with Crippen LogP contribution in [0.25, 0.3) is 0 Å². The lowest BCUT2D eigenvalue weighted by Crippen LogP contribution is -2.27. The zero-order valence-corrected chi connectivity index (χ0v) is 13.8. The van der Waals surface area contributed by atoms with Crippen LogP contribution in [-0.4, -0.2) is 6.54 Å². The van der Waals surface area contributed by atoms with Crippen LogP contribution in [-0.2, 0) is 0 Å². The van der Waals surface area contributed by atoms with Crippen molar-refractivity contribution < 1.29 is 0 Å². The van der Waals surface area contributed by atoms with Crippen molar-refractivity contribution in [1.29, 1.82) is 0 Å². The molecule has 112 valence electrons. The van der Waals surface area contributed by atoms with E-state index in [0.717, 1.165) is 11.6 Å². The second-order valence-corrected chi connectivity index (χ2v) is 6.38. The molecule has 0 bridgehead atoms. The highest BCUT2D eigenvalue weighted by Crippen LogP contribution is 2.25. The van der Waals surface area contributed by atoms with E-state index in [-0.39, 0.29) is 0 Å². The molecular formula is C19H24ClN. The van der Waals surface area contributed by atoms with E-state index in [9.17, 15) is 0 Å². The number of hydrogen-bond donors (Lipinski definition) is 1. The molecule has 0 saturated carbocycles. The smallest absolute Gasteiger partial charge is 0.0409 e. The lowest BCUT2D eigenvalue weighted by molar-refractivity contribution is 0.436. The molecule has 0 radical (unpaired) electrons. The molecule has 0 heterocycles. The topological polar surface area (TPSA) is 12.0 Å². The third-order valence-electron chi connectivity index (χ3n) is 4.03. The van der Waals surface area contributed by atoms with Crippen LogP contribution in [0.15, 0.2) is 54.6 Å². The van der Waals surface area contributed by atoms with Crippen LogP contribution in [0.2, 0.25) is 5.02 Å². The van der Waals surface area contributed by atoms with Gasteiger partial charge < -0.3 is 5.32 Å². The molecular weight excluding hydrogens is 278 g/mol. The summed E-state index contributed by atoms with van der Waals surface area (Å²) in [6.07, 6.45) is 0. The lowest BCUT2D eigenvalue weighted by Gasteiger charge is -2.24. The minimum atomic E-state index is 0.300. The van der Waals surface area contributed by atoms with Gasteiger partial charge in [0.2, 0.25) is 0 Å². The zero-order valence-electron chi connectivity index (χ0n) is 13.0. The standard InChI is InChI=1S/C19H24ClN/c1-14(2)19(16-8-5-4-6-9-16)13-21-15(3)17-10-7-11-18(20)12-17/h4-12,14-15,19,21H,13H2,1-3H3. The van der Waals surface area contributed by atoms with E-state index in [1.54, 1.807) is 0 Å². The van der Waals surface area contributed by atoms with Crippen LogP contribution in [0.1, 0.15) is 43.9 Å². The molecule has 0 aromatic heterocycles. The molecule has 2 atom stereocenters. The average Bonchev–Trinajstić information content (AvgIpc) is 2.48. The fourth-order valence-corrected chi connectivity index (χ4v) is 2.83. The molecule has 1 N–H and O–H groups in total. The highest BCUT2D eigenvalue weighted by Gasteiger charge is 2.16. The van der Waals surface area contributed by atoms with Gasteiger partial charge in [-0.15, -0.1) is 0 Å². The Bertz CT molecular complexity index is 551. The first-order chi connectivity index (χ1) is 10.1. The van der Waals surface area contributed by atoms with Crippen molar-refractivity contribution in [3.63, 3.8) is 0 Å². The molecule has 0 aliphatic rings.